The third-order valence-electron chi connectivity index (χ3n) is 4.78. The van der Waals surface area contributed by atoms with Gasteiger partial charge in [-0.05, 0) is 18.6 Å². The van der Waals surface area contributed by atoms with Crippen LogP contribution >= 0.6 is 0 Å². The van der Waals surface area contributed by atoms with E-state index in [0.717, 1.165) is 16.3 Å². The maximum absolute atomic E-state index is 13.0. The van der Waals surface area contributed by atoms with Crippen molar-refractivity contribution in [3.8, 4) is 11.5 Å². The molecular weight excluding hydrogens is 368 g/mol. The summed E-state index contributed by atoms with van der Waals surface area (Å²) in [6.45, 7) is 3.28. The largest absolute Gasteiger partial charge is 0.497 e. The summed E-state index contributed by atoms with van der Waals surface area (Å²) in [7, 11) is 3.17. The van der Waals surface area contributed by atoms with Gasteiger partial charge in [0.25, 0.3) is 0 Å². The van der Waals surface area contributed by atoms with Gasteiger partial charge in [-0.3, -0.25) is 4.98 Å². The van der Waals surface area contributed by atoms with Crippen molar-refractivity contribution >= 4 is 22.5 Å². The van der Waals surface area contributed by atoms with Crippen molar-refractivity contribution in [3.63, 3.8) is 0 Å². The summed E-state index contributed by atoms with van der Waals surface area (Å²) in [5.74, 6) is 1.22. The van der Waals surface area contributed by atoms with Gasteiger partial charge in [-0.1, -0.05) is 30.3 Å². The molecule has 1 heterocycles. The van der Waals surface area contributed by atoms with Crippen LogP contribution in [0.5, 0.6) is 11.5 Å². The highest BCUT2D eigenvalue weighted by molar-refractivity contribution is 6.04. The molecule has 2 aromatic carbocycles. The van der Waals surface area contributed by atoms with Crippen LogP contribution in [0.15, 0.2) is 48.7 Å². The fourth-order valence-corrected chi connectivity index (χ4v) is 3.24. The number of anilines is 1. The molecule has 7 heteroatoms. The molecule has 0 fully saturated rings. The Balaban J connectivity index is 1.97. The summed E-state index contributed by atoms with van der Waals surface area (Å²) in [6.07, 6.45) is 1.62. The Labute approximate surface area is 170 Å². The number of nitrogens with one attached hydrogen (secondary N) is 1. The first-order valence-corrected chi connectivity index (χ1v) is 9.44. The highest BCUT2D eigenvalue weighted by Crippen LogP contribution is 2.36. The molecule has 2 amide bonds. The molecule has 0 aliphatic heterocycles. The van der Waals surface area contributed by atoms with Crippen molar-refractivity contribution in [2.24, 2.45) is 5.73 Å². The summed E-state index contributed by atoms with van der Waals surface area (Å²) in [5.41, 5.74) is 8.20. The van der Waals surface area contributed by atoms with Gasteiger partial charge in [-0.2, -0.15) is 0 Å². The Morgan fingerprint density at radius 3 is 2.55 bits per heavy atom. The van der Waals surface area contributed by atoms with Crippen molar-refractivity contribution in [2.45, 2.75) is 20.0 Å². The molecule has 0 saturated carbocycles. The van der Waals surface area contributed by atoms with Crippen LogP contribution < -0.4 is 20.5 Å². The first-order valence-electron chi connectivity index (χ1n) is 9.44. The average Bonchev–Trinajstić information content (AvgIpc) is 2.77. The molecule has 3 rings (SSSR count). The number of urea groups is 1. The lowest BCUT2D eigenvalue weighted by Gasteiger charge is -2.22. The maximum Gasteiger partial charge on any atom is 0.322 e. The number of nitrogens with two attached hydrogens (primary N) is 1. The van der Waals surface area contributed by atoms with Gasteiger partial charge in [0, 0.05) is 36.5 Å². The smallest absolute Gasteiger partial charge is 0.322 e. The van der Waals surface area contributed by atoms with Crippen LogP contribution in [0.25, 0.3) is 10.8 Å². The number of nitrogens with zero attached hydrogens (tertiary/aromatic N) is 2. The number of carbonyl (C=O) groups is 1. The lowest BCUT2D eigenvalue weighted by Crippen LogP contribution is -2.34. The van der Waals surface area contributed by atoms with Crippen LogP contribution in [0.2, 0.25) is 0 Å². The molecule has 0 aliphatic rings. The highest BCUT2D eigenvalue weighted by Gasteiger charge is 2.18. The van der Waals surface area contributed by atoms with Crippen LogP contribution in [0, 0.1) is 0 Å². The Bertz CT molecular complexity index is 992. The second-order valence-electron chi connectivity index (χ2n) is 6.50. The van der Waals surface area contributed by atoms with Crippen LogP contribution in [0.3, 0.4) is 0 Å². The molecule has 0 unspecified atom stereocenters. The number of hydrogen-bond donors (Lipinski definition) is 2. The van der Waals surface area contributed by atoms with Crippen molar-refractivity contribution in [1.82, 2.24) is 9.88 Å². The van der Waals surface area contributed by atoms with Gasteiger partial charge >= 0.3 is 6.03 Å². The maximum atomic E-state index is 13.0. The van der Waals surface area contributed by atoms with Gasteiger partial charge in [0.1, 0.15) is 11.5 Å². The molecule has 0 atom stereocenters. The predicted molar refractivity (Wildman–Crippen MR) is 114 cm³/mol. The molecule has 1 aromatic heterocycles. The zero-order valence-electron chi connectivity index (χ0n) is 16.9. The lowest BCUT2D eigenvalue weighted by molar-refractivity contribution is 0.212. The number of aromatic nitrogens is 1. The lowest BCUT2D eigenvalue weighted by atomic mass is 10.1. The summed E-state index contributed by atoms with van der Waals surface area (Å²) in [6, 6.07) is 13.3. The Hall–Kier alpha value is -3.32. The first-order chi connectivity index (χ1) is 14.1. The van der Waals surface area contributed by atoms with E-state index in [4.69, 9.17) is 15.2 Å². The number of carbonyl (C=O) groups excluding carboxylic acids is 1. The Morgan fingerprint density at radius 1 is 1.17 bits per heavy atom. The van der Waals surface area contributed by atoms with Gasteiger partial charge in [0.2, 0.25) is 0 Å². The third-order valence-corrected chi connectivity index (χ3v) is 4.78. The van der Waals surface area contributed by atoms with E-state index < -0.39 is 0 Å². The minimum atomic E-state index is -0.207. The van der Waals surface area contributed by atoms with Crippen LogP contribution in [0.1, 0.15) is 18.2 Å². The molecular formula is C22H26N4O3. The van der Waals surface area contributed by atoms with E-state index in [0.29, 0.717) is 36.0 Å². The number of benzene rings is 2. The van der Waals surface area contributed by atoms with E-state index in [1.807, 2.05) is 43.3 Å². The van der Waals surface area contributed by atoms with Crippen LogP contribution in [-0.2, 0) is 13.1 Å². The molecule has 0 radical (unpaired) electrons. The van der Waals surface area contributed by atoms with Crippen molar-refractivity contribution < 1.29 is 14.3 Å². The monoisotopic (exact) mass is 394 g/mol. The van der Waals surface area contributed by atoms with Crippen molar-refractivity contribution in [1.29, 1.82) is 0 Å². The zero-order valence-corrected chi connectivity index (χ0v) is 16.9. The molecule has 152 valence electrons. The van der Waals surface area contributed by atoms with E-state index in [1.165, 1.54) is 0 Å². The number of ether oxygens (including phenoxy) is 2. The minimum Gasteiger partial charge on any atom is -0.497 e. The van der Waals surface area contributed by atoms with Gasteiger partial charge in [0.15, 0.2) is 0 Å². The minimum absolute atomic E-state index is 0.207. The fourth-order valence-electron chi connectivity index (χ4n) is 3.24. The fraction of sp³-hybridized carbons (Fsp3) is 0.273. The van der Waals surface area contributed by atoms with Crippen LogP contribution in [0.4, 0.5) is 10.5 Å². The Kier molecular flexibility index (Phi) is 6.51. The van der Waals surface area contributed by atoms with Gasteiger partial charge in [0.05, 0.1) is 31.8 Å². The highest BCUT2D eigenvalue weighted by atomic mass is 16.5. The van der Waals surface area contributed by atoms with Crippen LogP contribution in [-0.4, -0.2) is 36.7 Å². The summed E-state index contributed by atoms with van der Waals surface area (Å²) < 4.78 is 10.9. The Morgan fingerprint density at radius 2 is 1.93 bits per heavy atom. The molecule has 0 aliphatic carbocycles. The number of amides is 2. The summed E-state index contributed by atoms with van der Waals surface area (Å²) in [4.78, 5) is 19.1. The van der Waals surface area contributed by atoms with E-state index in [9.17, 15) is 4.79 Å². The molecule has 3 aromatic rings. The number of rotatable bonds is 7. The van der Waals surface area contributed by atoms with E-state index in [-0.39, 0.29) is 12.6 Å². The molecule has 0 saturated heterocycles. The zero-order chi connectivity index (χ0) is 20.8. The van der Waals surface area contributed by atoms with Gasteiger partial charge in [-0.15, -0.1) is 0 Å². The predicted octanol–water partition coefficient (Wildman–Crippen LogP) is 3.76. The van der Waals surface area contributed by atoms with Gasteiger partial charge < -0.3 is 25.4 Å². The van der Waals surface area contributed by atoms with E-state index in [2.05, 4.69) is 10.3 Å². The summed E-state index contributed by atoms with van der Waals surface area (Å²) in [5, 5.41) is 4.51. The topological polar surface area (TPSA) is 89.7 Å². The van der Waals surface area contributed by atoms with Crippen molar-refractivity contribution in [3.05, 3.63) is 59.9 Å². The molecule has 3 N–H and O–H groups in total. The standard InChI is InChI=1S/C22H26N4O3/c1-4-26(14-15-8-6-5-7-9-15)22(27)25-19-13-24-18(12-23)21-17(19)10-16(28-2)11-20(21)29-3/h5-11,13H,4,12,14,23H2,1-3H3,(H,25,27). The molecule has 0 spiro atoms. The number of pyridine rings is 1. The molecule has 0 bridgehead atoms. The third kappa shape index (κ3) is 4.41. The average molecular weight is 394 g/mol. The normalized spacial score (nSPS) is 10.6. The van der Waals surface area contributed by atoms with Crippen molar-refractivity contribution in [2.75, 3.05) is 26.1 Å². The SMILES string of the molecule is CCN(Cc1ccccc1)C(=O)Nc1cnc(CN)c2c(OC)cc(OC)cc12. The number of hydrogen-bond acceptors (Lipinski definition) is 5. The molecule has 7 nitrogen and oxygen atoms in total. The second-order valence-corrected chi connectivity index (χ2v) is 6.50. The number of methoxy groups -OCH3 is 2. The number of fused-ring (bicyclic) bond motifs is 1. The van der Waals surface area contributed by atoms with Gasteiger partial charge in [-0.25, -0.2) is 4.79 Å². The first kappa shape index (κ1) is 20.4. The summed E-state index contributed by atoms with van der Waals surface area (Å²) >= 11 is 0. The van der Waals surface area contributed by atoms with E-state index >= 15 is 0 Å². The quantitative estimate of drug-likeness (QED) is 0.637. The molecule has 29 heavy (non-hydrogen) atoms. The second kappa shape index (κ2) is 9.25. The van der Waals surface area contributed by atoms with E-state index in [1.54, 1.807) is 31.4 Å².